The van der Waals surface area contributed by atoms with Crippen LogP contribution in [0.3, 0.4) is 0 Å². The van der Waals surface area contributed by atoms with Crippen molar-refractivity contribution in [3.05, 3.63) is 0 Å². The lowest BCUT2D eigenvalue weighted by Gasteiger charge is -2.26. The van der Waals surface area contributed by atoms with E-state index in [1.807, 2.05) is 0 Å². The predicted molar refractivity (Wildman–Crippen MR) is 43.4 cm³/mol. The highest BCUT2D eigenvalue weighted by molar-refractivity contribution is 5.85. The van der Waals surface area contributed by atoms with Gasteiger partial charge >= 0.3 is 0 Å². The number of aliphatic hydroxyl groups excluding tert-OH is 1. The Morgan fingerprint density at radius 2 is 1.80 bits per heavy atom. The van der Waals surface area contributed by atoms with E-state index in [4.69, 9.17) is 0 Å². The summed E-state index contributed by atoms with van der Waals surface area (Å²) >= 11 is 0. The van der Waals surface area contributed by atoms with Crippen LogP contribution < -0.4 is 0 Å². The fourth-order valence-corrected chi connectivity index (χ4v) is 2.03. The van der Waals surface area contributed by atoms with Crippen LogP contribution in [0.5, 0.6) is 0 Å². The van der Waals surface area contributed by atoms with Gasteiger partial charge in [0.2, 0.25) is 0 Å². The number of hydrogen-bond acceptors (Lipinski definition) is 1. The third kappa shape index (κ3) is 1.17. The maximum Gasteiger partial charge on any atom is 0.0596 e. The van der Waals surface area contributed by atoms with Crippen molar-refractivity contribution in [2.45, 2.75) is 44.6 Å². The van der Waals surface area contributed by atoms with E-state index in [0.29, 0.717) is 5.41 Å². The third-order valence-electron chi connectivity index (χ3n) is 3.00. The van der Waals surface area contributed by atoms with E-state index < -0.39 is 0 Å². The summed E-state index contributed by atoms with van der Waals surface area (Å²) in [6.07, 6.45) is 7.64. The van der Waals surface area contributed by atoms with Gasteiger partial charge < -0.3 is 5.11 Å². The fraction of sp³-hybridized carbons (Fsp3) is 1.00. The first-order valence-corrected chi connectivity index (χ1v) is 4.02. The number of aliphatic hydroxyl groups is 1. The lowest BCUT2D eigenvalue weighted by molar-refractivity contribution is 0.0546. The summed E-state index contributed by atoms with van der Waals surface area (Å²) in [6, 6.07) is 0. The van der Waals surface area contributed by atoms with E-state index >= 15 is 0 Å². The smallest absolute Gasteiger partial charge is 0.0596 e. The minimum absolute atomic E-state index is 0. The molecular weight excluding hydrogens is 148 g/mol. The van der Waals surface area contributed by atoms with Crippen LogP contribution in [0.25, 0.3) is 0 Å². The van der Waals surface area contributed by atoms with Gasteiger partial charge in [-0.05, 0) is 31.1 Å². The van der Waals surface area contributed by atoms with Gasteiger partial charge in [-0.2, -0.15) is 0 Å². The molecule has 2 rings (SSSR count). The monoisotopic (exact) mass is 162 g/mol. The summed E-state index contributed by atoms with van der Waals surface area (Å²) in [7, 11) is 0. The first-order chi connectivity index (χ1) is 4.33. The van der Waals surface area contributed by atoms with Crippen LogP contribution in [-0.4, -0.2) is 11.2 Å². The van der Waals surface area contributed by atoms with Crippen LogP contribution in [-0.2, 0) is 0 Å². The lowest BCUT2D eigenvalue weighted by atomic mass is 9.84. The summed E-state index contributed by atoms with van der Waals surface area (Å²) in [5, 5.41) is 9.50. The Balaban J connectivity index is 0.000000500. The molecular formula is C8H15ClO. The Morgan fingerprint density at radius 1 is 1.10 bits per heavy atom. The molecule has 0 heterocycles. The van der Waals surface area contributed by atoms with Gasteiger partial charge in [-0.15, -0.1) is 12.4 Å². The standard InChI is InChI=1S/C8H14O.ClH/c9-7-3-1-2-4-8(7)5-6-8;/h7,9H,1-6H2;1H. The van der Waals surface area contributed by atoms with Gasteiger partial charge in [0.15, 0.2) is 0 Å². The second-order valence-electron chi connectivity index (χ2n) is 3.62. The average Bonchev–Trinajstić information content (AvgIpc) is 2.60. The van der Waals surface area contributed by atoms with Gasteiger partial charge in [-0.3, -0.25) is 0 Å². The van der Waals surface area contributed by atoms with Gasteiger partial charge in [0.25, 0.3) is 0 Å². The molecule has 2 fully saturated rings. The SMILES string of the molecule is Cl.OC1CCCCC12CC2. The van der Waals surface area contributed by atoms with E-state index in [2.05, 4.69) is 0 Å². The number of rotatable bonds is 0. The molecule has 1 atom stereocenters. The van der Waals surface area contributed by atoms with Crippen molar-refractivity contribution in [3.63, 3.8) is 0 Å². The molecule has 1 N–H and O–H groups in total. The molecule has 0 bridgehead atoms. The number of hydrogen-bond donors (Lipinski definition) is 1. The quantitative estimate of drug-likeness (QED) is 0.579. The Kier molecular flexibility index (Phi) is 2.26. The van der Waals surface area contributed by atoms with Gasteiger partial charge in [0, 0.05) is 0 Å². The highest BCUT2D eigenvalue weighted by Gasteiger charge is 2.49. The molecule has 0 amide bonds. The van der Waals surface area contributed by atoms with Crippen molar-refractivity contribution < 1.29 is 5.11 Å². The molecule has 2 aliphatic carbocycles. The minimum atomic E-state index is 0. The molecule has 2 aliphatic rings. The third-order valence-corrected chi connectivity index (χ3v) is 3.00. The Labute approximate surface area is 68.2 Å². The molecule has 0 aromatic heterocycles. The summed E-state index contributed by atoms with van der Waals surface area (Å²) in [6.45, 7) is 0. The molecule has 1 spiro atoms. The topological polar surface area (TPSA) is 20.2 Å². The number of halogens is 1. The van der Waals surface area contributed by atoms with Gasteiger partial charge in [0.1, 0.15) is 0 Å². The largest absolute Gasteiger partial charge is 0.393 e. The molecule has 1 unspecified atom stereocenters. The molecule has 2 heteroatoms. The first-order valence-electron chi connectivity index (χ1n) is 4.02. The minimum Gasteiger partial charge on any atom is -0.393 e. The summed E-state index contributed by atoms with van der Waals surface area (Å²) in [5.74, 6) is 0. The molecule has 0 aliphatic heterocycles. The van der Waals surface area contributed by atoms with Crippen molar-refractivity contribution >= 4 is 12.4 Å². The normalized spacial score (nSPS) is 35.1. The predicted octanol–water partition coefficient (Wildman–Crippen LogP) is 2.12. The highest BCUT2D eigenvalue weighted by atomic mass is 35.5. The van der Waals surface area contributed by atoms with Crippen molar-refractivity contribution in [3.8, 4) is 0 Å². The summed E-state index contributed by atoms with van der Waals surface area (Å²) < 4.78 is 0. The summed E-state index contributed by atoms with van der Waals surface area (Å²) in [5.41, 5.74) is 0.443. The molecule has 10 heavy (non-hydrogen) atoms. The molecule has 60 valence electrons. The van der Waals surface area contributed by atoms with Crippen molar-refractivity contribution in [1.82, 2.24) is 0 Å². The van der Waals surface area contributed by atoms with Gasteiger partial charge in [-0.1, -0.05) is 12.8 Å². The van der Waals surface area contributed by atoms with Crippen LogP contribution in [0.4, 0.5) is 0 Å². The Hall–Kier alpha value is 0.250. The second-order valence-corrected chi connectivity index (χ2v) is 3.62. The van der Waals surface area contributed by atoms with Gasteiger partial charge in [-0.25, -0.2) is 0 Å². The molecule has 0 aromatic carbocycles. The first kappa shape index (κ1) is 8.35. The zero-order valence-electron chi connectivity index (χ0n) is 6.18. The summed E-state index contributed by atoms with van der Waals surface area (Å²) in [4.78, 5) is 0. The molecule has 1 nitrogen and oxygen atoms in total. The molecule has 0 aromatic rings. The Bertz CT molecular complexity index is 120. The van der Waals surface area contributed by atoms with Crippen LogP contribution in [0.2, 0.25) is 0 Å². The van der Waals surface area contributed by atoms with Crippen molar-refractivity contribution in [2.75, 3.05) is 0 Å². The average molecular weight is 163 g/mol. The van der Waals surface area contributed by atoms with Crippen LogP contribution in [0.1, 0.15) is 38.5 Å². The molecule has 0 radical (unpaired) electrons. The zero-order chi connectivity index (χ0) is 6.32. The Morgan fingerprint density at radius 3 is 2.20 bits per heavy atom. The molecule has 2 saturated carbocycles. The van der Waals surface area contributed by atoms with E-state index in [0.717, 1.165) is 6.42 Å². The maximum atomic E-state index is 9.50. The van der Waals surface area contributed by atoms with Crippen LogP contribution in [0.15, 0.2) is 0 Å². The van der Waals surface area contributed by atoms with Crippen LogP contribution >= 0.6 is 12.4 Å². The second kappa shape index (κ2) is 2.71. The maximum absolute atomic E-state index is 9.50. The fourth-order valence-electron chi connectivity index (χ4n) is 2.03. The van der Waals surface area contributed by atoms with Crippen molar-refractivity contribution in [2.24, 2.45) is 5.41 Å². The molecule has 0 saturated heterocycles. The zero-order valence-corrected chi connectivity index (χ0v) is 6.99. The van der Waals surface area contributed by atoms with Gasteiger partial charge in [0.05, 0.1) is 6.10 Å². The highest BCUT2D eigenvalue weighted by Crippen LogP contribution is 2.55. The lowest BCUT2D eigenvalue weighted by Crippen LogP contribution is -2.25. The van der Waals surface area contributed by atoms with Crippen molar-refractivity contribution in [1.29, 1.82) is 0 Å². The van der Waals surface area contributed by atoms with E-state index in [1.165, 1.54) is 32.1 Å². The van der Waals surface area contributed by atoms with E-state index in [9.17, 15) is 5.11 Å². The van der Waals surface area contributed by atoms with Crippen LogP contribution in [0, 0.1) is 5.41 Å². The van der Waals surface area contributed by atoms with E-state index in [-0.39, 0.29) is 18.5 Å². The van der Waals surface area contributed by atoms with E-state index in [1.54, 1.807) is 0 Å².